The molecule has 0 heterocycles. The first-order chi connectivity index (χ1) is 9.59. The number of carbonyl (C=O) groups excluding carboxylic acids is 1. The number of hydrogen-bond donors (Lipinski definition) is 2. The van der Waals surface area contributed by atoms with E-state index in [1.54, 1.807) is 0 Å². The molecule has 104 valence electrons. The molecule has 1 amide bonds. The summed E-state index contributed by atoms with van der Waals surface area (Å²) < 4.78 is 0.973. The van der Waals surface area contributed by atoms with Gasteiger partial charge in [0.15, 0.2) is 0 Å². The van der Waals surface area contributed by atoms with Crippen molar-refractivity contribution >= 4 is 21.8 Å². The lowest BCUT2D eigenvalue weighted by atomic mass is 10.1. The Labute approximate surface area is 127 Å². The van der Waals surface area contributed by atoms with Crippen molar-refractivity contribution in [2.75, 3.05) is 0 Å². The topological polar surface area (TPSA) is 55.1 Å². The van der Waals surface area contributed by atoms with Crippen molar-refractivity contribution in [3.8, 4) is 0 Å². The van der Waals surface area contributed by atoms with Crippen molar-refractivity contribution in [2.45, 2.75) is 19.0 Å². The van der Waals surface area contributed by atoms with Gasteiger partial charge in [-0.05, 0) is 24.1 Å². The molecule has 20 heavy (non-hydrogen) atoms. The third-order valence-corrected chi connectivity index (χ3v) is 3.89. The molecule has 3 N–H and O–H groups in total. The minimum atomic E-state index is -0.652. The third-order valence-electron chi connectivity index (χ3n) is 3.17. The van der Waals surface area contributed by atoms with E-state index in [9.17, 15) is 4.79 Å². The molecule has 2 aromatic rings. The molecule has 0 radical (unpaired) electrons. The van der Waals surface area contributed by atoms with Gasteiger partial charge in [0.1, 0.15) is 6.04 Å². The first-order valence-corrected chi connectivity index (χ1v) is 7.24. The second kappa shape index (κ2) is 6.68. The quantitative estimate of drug-likeness (QED) is 0.902. The number of carbonyl (C=O) groups is 1. The largest absolute Gasteiger partial charge is 0.348 e. The van der Waals surface area contributed by atoms with E-state index < -0.39 is 6.04 Å². The Morgan fingerprint density at radius 3 is 2.35 bits per heavy atom. The second-order valence-electron chi connectivity index (χ2n) is 4.64. The molecular formula is C16H17BrN2O. The maximum absolute atomic E-state index is 12.2. The highest BCUT2D eigenvalue weighted by Gasteiger charge is 2.18. The lowest BCUT2D eigenvalue weighted by molar-refractivity contribution is -0.123. The van der Waals surface area contributed by atoms with Crippen molar-refractivity contribution in [2.24, 2.45) is 5.73 Å². The summed E-state index contributed by atoms with van der Waals surface area (Å²) in [7, 11) is 0. The Morgan fingerprint density at radius 2 is 1.70 bits per heavy atom. The van der Waals surface area contributed by atoms with Crippen LogP contribution in [0.4, 0.5) is 0 Å². The van der Waals surface area contributed by atoms with Gasteiger partial charge in [0.2, 0.25) is 5.91 Å². The molecule has 0 aliphatic carbocycles. The van der Waals surface area contributed by atoms with E-state index in [0.717, 1.165) is 15.6 Å². The van der Waals surface area contributed by atoms with Gasteiger partial charge < -0.3 is 11.1 Å². The molecule has 2 aromatic carbocycles. The predicted octanol–water partition coefficient (Wildman–Crippen LogP) is 3.33. The van der Waals surface area contributed by atoms with Crippen molar-refractivity contribution in [3.05, 3.63) is 70.2 Å². The molecule has 4 heteroatoms. The SMILES string of the molecule is CC(NC(=O)C(N)c1ccccc1)c1ccccc1Br. The summed E-state index contributed by atoms with van der Waals surface area (Å²) in [5.41, 5.74) is 7.82. The number of benzene rings is 2. The van der Waals surface area contributed by atoms with Crippen LogP contribution in [0.1, 0.15) is 30.1 Å². The van der Waals surface area contributed by atoms with E-state index in [1.807, 2.05) is 61.5 Å². The Morgan fingerprint density at radius 1 is 1.10 bits per heavy atom. The maximum Gasteiger partial charge on any atom is 0.241 e. The zero-order valence-corrected chi connectivity index (χ0v) is 12.8. The molecule has 0 saturated carbocycles. The average molecular weight is 333 g/mol. The highest BCUT2D eigenvalue weighted by atomic mass is 79.9. The zero-order valence-electron chi connectivity index (χ0n) is 11.2. The molecular weight excluding hydrogens is 316 g/mol. The fraction of sp³-hybridized carbons (Fsp3) is 0.188. The lowest BCUT2D eigenvalue weighted by Gasteiger charge is -2.19. The van der Waals surface area contributed by atoms with Gasteiger partial charge in [0.25, 0.3) is 0 Å². The van der Waals surface area contributed by atoms with Crippen molar-refractivity contribution in [1.29, 1.82) is 0 Å². The Hall–Kier alpha value is -1.65. The minimum Gasteiger partial charge on any atom is -0.348 e. The van der Waals surface area contributed by atoms with Gasteiger partial charge in [-0.2, -0.15) is 0 Å². The van der Waals surface area contributed by atoms with Crippen LogP contribution in [-0.2, 0) is 4.79 Å². The zero-order chi connectivity index (χ0) is 14.5. The molecule has 0 aliphatic rings. The third kappa shape index (κ3) is 3.46. The highest BCUT2D eigenvalue weighted by molar-refractivity contribution is 9.10. The molecule has 2 atom stereocenters. The molecule has 2 rings (SSSR count). The van der Waals surface area contributed by atoms with Crippen molar-refractivity contribution in [3.63, 3.8) is 0 Å². The van der Waals surface area contributed by atoms with Crippen LogP contribution in [0.25, 0.3) is 0 Å². The smallest absolute Gasteiger partial charge is 0.241 e. The second-order valence-corrected chi connectivity index (χ2v) is 5.49. The summed E-state index contributed by atoms with van der Waals surface area (Å²) in [5, 5.41) is 2.94. The lowest BCUT2D eigenvalue weighted by Crippen LogP contribution is -2.35. The minimum absolute atomic E-state index is 0.104. The highest BCUT2D eigenvalue weighted by Crippen LogP contribution is 2.23. The fourth-order valence-electron chi connectivity index (χ4n) is 2.02. The Kier molecular flexibility index (Phi) is 4.93. The summed E-state index contributed by atoms with van der Waals surface area (Å²) in [6, 6.07) is 16.4. The van der Waals surface area contributed by atoms with Gasteiger partial charge in [-0.25, -0.2) is 0 Å². The number of amides is 1. The van der Waals surface area contributed by atoms with Gasteiger partial charge in [-0.15, -0.1) is 0 Å². The van der Waals surface area contributed by atoms with E-state index >= 15 is 0 Å². The first kappa shape index (κ1) is 14.8. The van der Waals surface area contributed by atoms with E-state index in [4.69, 9.17) is 5.73 Å². The number of nitrogens with two attached hydrogens (primary N) is 1. The van der Waals surface area contributed by atoms with Gasteiger partial charge >= 0.3 is 0 Å². The number of nitrogens with one attached hydrogen (secondary N) is 1. The monoisotopic (exact) mass is 332 g/mol. The molecule has 0 saturated heterocycles. The van der Waals surface area contributed by atoms with Crippen LogP contribution in [0.5, 0.6) is 0 Å². The summed E-state index contributed by atoms with van der Waals surface area (Å²) in [4.78, 5) is 12.2. The van der Waals surface area contributed by atoms with Crippen LogP contribution in [0.15, 0.2) is 59.1 Å². The van der Waals surface area contributed by atoms with Gasteiger partial charge in [-0.3, -0.25) is 4.79 Å². The van der Waals surface area contributed by atoms with Crippen LogP contribution in [0.3, 0.4) is 0 Å². The van der Waals surface area contributed by atoms with Crippen LogP contribution in [0.2, 0.25) is 0 Å². The van der Waals surface area contributed by atoms with E-state index in [1.165, 1.54) is 0 Å². The average Bonchev–Trinajstić information content (AvgIpc) is 2.47. The molecule has 0 bridgehead atoms. The van der Waals surface area contributed by atoms with Crippen molar-refractivity contribution < 1.29 is 4.79 Å². The van der Waals surface area contributed by atoms with Crippen LogP contribution in [0, 0.1) is 0 Å². The van der Waals surface area contributed by atoms with Crippen LogP contribution in [-0.4, -0.2) is 5.91 Å². The summed E-state index contributed by atoms with van der Waals surface area (Å²) in [6.07, 6.45) is 0. The molecule has 2 unspecified atom stereocenters. The molecule has 3 nitrogen and oxygen atoms in total. The van der Waals surface area contributed by atoms with Crippen molar-refractivity contribution in [1.82, 2.24) is 5.32 Å². The summed E-state index contributed by atoms with van der Waals surface area (Å²) >= 11 is 3.49. The first-order valence-electron chi connectivity index (χ1n) is 6.45. The van der Waals surface area contributed by atoms with Crippen LogP contribution >= 0.6 is 15.9 Å². The number of halogens is 1. The number of hydrogen-bond acceptors (Lipinski definition) is 2. The molecule has 0 aromatic heterocycles. The summed E-state index contributed by atoms with van der Waals surface area (Å²) in [5.74, 6) is -0.181. The van der Waals surface area contributed by atoms with E-state index in [-0.39, 0.29) is 11.9 Å². The molecule has 0 spiro atoms. The predicted molar refractivity (Wildman–Crippen MR) is 84.1 cm³/mol. The molecule has 0 fully saturated rings. The Bertz CT molecular complexity index is 586. The molecule has 0 aliphatic heterocycles. The van der Waals surface area contributed by atoms with E-state index in [2.05, 4.69) is 21.2 Å². The van der Waals surface area contributed by atoms with Gasteiger partial charge in [0.05, 0.1) is 6.04 Å². The fourth-order valence-corrected chi connectivity index (χ4v) is 2.65. The van der Waals surface area contributed by atoms with Gasteiger partial charge in [-0.1, -0.05) is 64.5 Å². The Balaban J connectivity index is 2.07. The summed E-state index contributed by atoms with van der Waals surface area (Å²) in [6.45, 7) is 1.94. The normalized spacial score (nSPS) is 13.6. The standard InChI is InChI=1S/C16H17BrN2O/c1-11(13-9-5-6-10-14(13)17)19-16(20)15(18)12-7-3-2-4-8-12/h2-11,15H,18H2,1H3,(H,19,20). The number of rotatable bonds is 4. The van der Waals surface area contributed by atoms with Crippen LogP contribution < -0.4 is 11.1 Å². The van der Waals surface area contributed by atoms with Gasteiger partial charge in [0, 0.05) is 4.47 Å². The van der Waals surface area contributed by atoms with E-state index in [0.29, 0.717) is 0 Å². The maximum atomic E-state index is 12.2.